The molecule has 2 aromatic rings. The van der Waals surface area contributed by atoms with Crippen LogP contribution >= 0.6 is 38.9 Å². The van der Waals surface area contributed by atoms with Gasteiger partial charge in [0.05, 0.1) is 11.6 Å². The van der Waals surface area contributed by atoms with Crippen LogP contribution in [0.25, 0.3) is 0 Å². The van der Waals surface area contributed by atoms with E-state index in [2.05, 4.69) is 15.9 Å². The standard InChI is InChI=1S/C13H14BrClN2OS/c1-3-17-6-10(15)5-12(17)13(18)16(2)7-11-4-9(14)8-19-11/h4-6,8H,3,7H2,1-2H3. The molecule has 0 fully saturated rings. The summed E-state index contributed by atoms with van der Waals surface area (Å²) in [5.41, 5.74) is 0.630. The van der Waals surface area contributed by atoms with Gasteiger partial charge in [-0.3, -0.25) is 4.79 Å². The van der Waals surface area contributed by atoms with Crippen LogP contribution in [0.15, 0.2) is 28.2 Å². The van der Waals surface area contributed by atoms with E-state index in [0.717, 1.165) is 15.9 Å². The quantitative estimate of drug-likeness (QED) is 0.799. The molecule has 0 saturated carbocycles. The van der Waals surface area contributed by atoms with Crippen molar-refractivity contribution in [1.29, 1.82) is 0 Å². The van der Waals surface area contributed by atoms with Crippen LogP contribution in [0.5, 0.6) is 0 Å². The second-order valence-corrected chi connectivity index (χ2v) is 6.57. The van der Waals surface area contributed by atoms with Crippen molar-refractivity contribution in [3.05, 3.63) is 43.8 Å². The van der Waals surface area contributed by atoms with E-state index in [1.807, 2.05) is 22.9 Å². The van der Waals surface area contributed by atoms with Crippen LogP contribution in [0.1, 0.15) is 22.3 Å². The lowest BCUT2D eigenvalue weighted by molar-refractivity contribution is 0.0776. The third-order valence-corrected chi connectivity index (χ3v) is 4.67. The van der Waals surface area contributed by atoms with Crippen molar-refractivity contribution in [2.45, 2.75) is 20.0 Å². The Kier molecular flexibility index (Phi) is 4.71. The van der Waals surface area contributed by atoms with Crippen LogP contribution in [-0.2, 0) is 13.1 Å². The van der Waals surface area contributed by atoms with Gasteiger partial charge in [0.1, 0.15) is 5.69 Å². The molecule has 3 nitrogen and oxygen atoms in total. The number of hydrogen-bond acceptors (Lipinski definition) is 2. The van der Waals surface area contributed by atoms with Crippen LogP contribution in [0.3, 0.4) is 0 Å². The molecule has 0 aliphatic carbocycles. The van der Waals surface area contributed by atoms with Crippen molar-refractivity contribution < 1.29 is 4.79 Å². The Labute approximate surface area is 129 Å². The molecule has 2 rings (SSSR count). The second kappa shape index (κ2) is 6.11. The van der Waals surface area contributed by atoms with Crippen molar-refractivity contribution in [3.8, 4) is 0 Å². The Morgan fingerprint density at radius 1 is 1.53 bits per heavy atom. The minimum atomic E-state index is -0.0155. The number of thiophene rings is 1. The van der Waals surface area contributed by atoms with E-state index in [9.17, 15) is 4.79 Å². The third kappa shape index (κ3) is 3.41. The molecular formula is C13H14BrClN2OS. The summed E-state index contributed by atoms with van der Waals surface area (Å²) in [5.74, 6) is -0.0155. The molecule has 102 valence electrons. The smallest absolute Gasteiger partial charge is 0.270 e. The SMILES string of the molecule is CCn1cc(Cl)cc1C(=O)N(C)Cc1cc(Br)cs1. The van der Waals surface area contributed by atoms with E-state index >= 15 is 0 Å². The van der Waals surface area contributed by atoms with Crippen molar-refractivity contribution >= 4 is 44.8 Å². The van der Waals surface area contributed by atoms with Gasteiger partial charge in [-0.2, -0.15) is 0 Å². The number of amides is 1. The fraction of sp³-hybridized carbons (Fsp3) is 0.308. The molecule has 0 atom stereocenters. The van der Waals surface area contributed by atoms with Gasteiger partial charge >= 0.3 is 0 Å². The van der Waals surface area contributed by atoms with Gasteiger partial charge in [0.2, 0.25) is 0 Å². The number of aromatic nitrogens is 1. The summed E-state index contributed by atoms with van der Waals surface area (Å²) in [6.07, 6.45) is 1.78. The first-order valence-corrected chi connectivity index (χ1v) is 7.90. The number of carbonyl (C=O) groups is 1. The van der Waals surface area contributed by atoms with Gasteiger partial charge in [-0.1, -0.05) is 11.6 Å². The first kappa shape index (κ1) is 14.6. The highest BCUT2D eigenvalue weighted by molar-refractivity contribution is 9.10. The molecular weight excluding hydrogens is 348 g/mol. The van der Waals surface area contributed by atoms with E-state index in [0.29, 0.717) is 17.3 Å². The highest BCUT2D eigenvalue weighted by Crippen LogP contribution is 2.22. The molecule has 0 aliphatic heterocycles. The molecule has 1 amide bonds. The van der Waals surface area contributed by atoms with Gasteiger partial charge in [-0.15, -0.1) is 11.3 Å². The maximum absolute atomic E-state index is 12.4. The third-order valence-electron chi connectivity index (χ3n) is 2.78. The minimum Gasteiger partial charge on any atom is -0.342 e. The van der Waals surface area contributed by atoms with E-state index in [-0.39, 0.29) is 5.91 Å². The molecule has 0 spiro atoms. The molecule has 19 heavy (non-hydrogen) atoms. The number of halogens is 2. The van der Waals surface area contributed by atoms with Crippen LogP contribution in [0.2, 0.25) is 5.02 Å². The first-order valence-electron chi connectivity index (χ1n) is 5.85. The Bertz CT molecular complexity index is 593. The van der Waals surface area contributed by atoms with Crippen LogP contribution < -0.4 is 0 Å². The zero-order valence-electron chi connectivity index (χ0n) is 10.7. The summed E-state index contributed by atoms with van der Waals surface area (Å²) in [7, 11) is 1.80. The lowest BCUT2D eigenvalue weighted by Crippen LogP contribution is -2.27. The van der Waals surface area contributed by atoms with E-state index in [1.54, 1.807) is 35.5 Å². The summed E-state index contributed by atoms with van der Waals surface area (Å²) in [4.78, 5) is 15.2. The van der Waals surface area contributed by atoms with Gasteiger partial charge in [0.15, 0.2) is 0 Å². The molecule has 0 bridgehead atoms. The van der Waals surface area contributed by atoms with Crippen molar-refractivity contribution in [1.82, 2.24) is 9.47 Å². The normalized spacial score (nSPS) is 10.7. The van der Waals surface area contributed by atoms with Crippen molar-refractivity contribution in [2.24, 2.45) is 0 Å². The van der Waals surface area contributed by atoms with Crippen molar-refractivity contribution in [3.63, 3.8) is 0 Å². The number of carbonyl (C=O) groups excluding carboxylic acids is 1. The number of nitrogens with zero attached hydrogens (tertiary/aromatic N) is 2. The predicted molar refractivity (Wildman–Crippen MR) is 82.9 cm³/mol. The molecule has 2 heterocycles. The summed E-state index contributed by atoms with van der Waals surface area (Å²) < 4.78 is 2.92. The average Bonchev–Trinajstić information content (AvgIpc) is 2.94. The Balaban J connectivity index is 2.14. The summed E-state index contributed by atoms with van der Waals surface area (Å²) in [6, 6.07) is 3.74. The first-order chi connectivity index (χ1) is 9.01. The molecule has 0 aromatic carbocycles. The zero-order chi connectivity index (χ0) is 14.0. The largest absolute Gasteiger partial charge is 0.342 e. The lowest BCUT2D eigenvalue weighted by Gasteiger charge is -2.17. The number of hydrogen-bond donors (Lipinski definition) is 0. The Morgan fingerprint density at radius 3 is 2.84 bits per heavy atom. The molecule has 2 aromatic heterocycles. The summed E-state index contributed by atoms with van der Waals surface area (Å²) in [6.45, 7) is 3.32. The zero-order valence-corrected chi connectivity index (χ0v) is 13.8. The second-order valence-electron chi connectivity index (χ2n) is 4.22. The van der Waals surface area contributed by atoms with Gasteiger partial charge in [0.25, 0.3) is 5.91 Å². The highest BCUT2D eigenvalue weighted by Gasteiger charge is 2.17. The maximum atomic E-state index is 12.4. The maximum Gasteiger partial charge on any atom is 0.270 e. The van der Waals surface area contributed by atoms with Crippen LogP contribution in [0, 0.1) is 0 Å². The lowest BCUT2D eigenvalue weighted by atomic mass is 10.3. The number of rotatable bonds is 4. The number of aryl methyl sites for hydroxylation is 1. The Hall–Kier alpha value is -0.780. The molecule has 0 N–H and O–H groups in total. The monoisotopic (exact) mass is 360 g/mol. The minimum absolute atomic E-state index is 0.0155. The van der Waals surface area contributed by atoms with Gasteiger partial charge in [-0.05, 0) is 35.0 Å². The van der Waals surface area contributed by atoms with Gasteiger partial charge < -0.3 is 9.47 Å². The van der Waals surface area contributed by atoms with Crippen LogP contribution in [0.4, 0.5) is 0 Å². The van der Waals surface area contributed by atoms with Gasteiger partial charge in [0, 0.05) is 34.5 Å². The van der Waals surface area contributed by atoms with E-state index in [4.69, 9.17) is 11.6 Å². The Morgan fingerprint density at radius 2 is 2.26 bits per heavy atom. The average molecular weight is 362 g/mol. The predicted octanol–water partition coefficient (Wildman–Crippen LogP) is 4.26. The molecule has 0 saturated heterocycles. The topological polar surface area (TPSA) is 25.2 Å². The van der Waals surface area contributed by atoms with Gasteiger partial charge in [-0.25, -0.2) is 0 Å². The highest BCUT2D eigenvalue weighted by atomic mass is 79.9. The molecule has 0 aliphatic rings. The van der Waals surface area contributed by atoms with E-state index < -0.39 is 0 Å². The molecule has 0 radical (unpaired) electrons. The fourth-order valence-corrected chi connectivity index (χ4v) is 3.58. The fourth-order valence-electron chi connectivity index (χ4n) is 1.85. The van der Waals surface area contributed by atoms with E-state index in [1.165, 1.54) is 0 Å². The molecule has 0 unspecified atom stereocenters. The molecule has 6 heteroatoms. The summed E-state index contributed by atoms with van der Waals surface area (Å²) >= 11 is 11.0. The van der Waals surface area contributed by atoms with Crippen LogP contribution in [-0.4, -0.2) is 22.4 Å². The summed E-state index contributed by atoms with van der Waals surface area (Å²) in [5, 5.41) is 2.61. The van der Waals surface area contributed by atoms with Crippen molar-refractivity contribution in [2.75, 3.05) is 7.05 Å².